The molecule has 0 aliphatic rings. The summed E-state index contributed by atoms with van der Waals surface area (Å²) in [4.78, 5) is 15.4. The maximum atomic E-state index is 5.13. The number of nitrogens with zero attached hydrogens (tertiary/aromatic N) is 3. The molecule has 0 bridgehead atoms. The minimum atomic E-state index is 0.637. The first kappa shape index (κ1) is 29.4. The Kier molecular flexibility index (Phi) is 7.49. The van der Waals surface area contributed by atoms with Gasteiger partial charge in [0, 0.05) is 16.7 Å². The lowest BCUT2D eigenvalue weighted by atomic mass is 9.97. The van der Waals surface area contributed by atoms with E-state index in [2.05, 4.69) is 182 Å². The van der Waals surface area contributed by atoms with Crippen LogP contribution in [0.3, 0.4) is 0 Å². The Balaban J connectivity index is 1.15. The smallest absolute Gasteiger partial charge is 0.164 e. The van der Waals surface area contributed by atoms with Gasteiger partial charge in [-0.05, 0) is 79.2 Å². The largest absolute Gasteiger partial charge is 0.208 e. The number of rotatable bonds is 6. The fourth-order valence-electron chi connectivity index (χ4n) is 6.72. The van der Waals surface area contributed by atoms with Crippen LogP contribution >= 0.6 is 0 Å². The molecule has 0 aliphatic carbocycles. The Labute approximate surface area is 291 Å². The zero-order chi connectivity index (χ0) is 33.3. The van der Waals surface area contributed by atoms with Crippen molar-refractivity contribution in [2.45, 2.75) is 0 Å². The van der Waals surface area contributed by atoms with Gasteiger partial charge in [0.05, 0.1) is 0 Å². The van der Waals surface area contributed by atoms with Gasteiger partial charge in [0.15, 0.2) is 17.5 Å². The van der Waals surface area contributed by atoms with Gasteiger partial charge in [-0.3, -0.25) is 0 Å². The van der Waals surface area contributed by atoms with E-state index >= 15 is 0 Å². The van der Waals surface area contributed by atoms with Crippen molar-refractivity contribution in [2.75, 3.05) is 0 Å². The summed E-state index contributed by atoms with van der Waals surface area (Å²) in [6.45, 7) is 0. The molecule has 0 N–H and O–H groups in total. The van der Waals surface area contributed by atoms with E-state index in [1.54, 1.807) is 0 Å². The second kappa shape index (κ2) is 12.7. The van der Waals surface area contributed by atoms with Crippen molar-refractivity contribution < 1.29 is 0 Å². The molecule has 0 radical (unpaired) electrons. The summed E-state index contributed by atoms with van der Waals surface area (Å²) in [6, 6.07) is 65.9. The molecule has 3 nitrogen and oxygen atoms in total. The molecular weight excluding hydrogens is 607 g/mol. The van der Waals surface area contributed by atoms with Crippen molar-refractivity contribution in [3.63, 3.8) is 0 Å². The summed E-state index contributed by atoms with van der Waals surface area (Å²) in [5.74, 6) is 1.93. The fourth-order valence-corrected chi connectivity index (χ4v) is 6.72. The lowest BCUT2D eigenvalue weighted by Gasteiger charge is -2.12. The number of hydrogen-bond donors (Lipinski definition) is 0. The van der Waals surface area contributed by atoms with E-state index in [0.717, 1.165) is 49.7 Å². The van der Waals surface area contributed by atoms with Gasteiger partial charge in [0.1, 0.15) is 0 Å². The normalized spacial score (nSPS) is 11.2. The Morgan fingerprint density at radius 3 is 1.28 bits per heavy atom. The van der Waals surface area contributed by atoms with E-state index in [1.807, 2.05) is 6.07 Å². The van der Waals surface area contributed by atoms with Gasteiger partial charge in [0.25, 0.3) is 0 Å². The van der Waals surface area contributed by atoms with Gasteiger partial charge < -0.3 is 0 Å². The highest BCUT2D eigenvalue weighted by Crippen LogP contribution is 2.33. The van der Waals surface area contributed by atoms with Crippen molar-refractivity contribution in [3.05, 3.63) is 188 Å². The van der Waals surface area contributed by atoms with Crippen LogP contribution < -0.4 is 0 Å². The minimum absolute atomic E-state index is 0.637. The topological polar surface area (TPSA) is 38.7 Å². The van der Waals surface area contributed by atoms with Crippen LogP contribution in [0.5, 0.6) is 0 Å². The highest BCUT2D eigenvalue weighted by molar-refractivity contribution is 5.95. The lowest BCUT2D eigenvalue weighted by Crippen LogP contribution is -2.01. The predicted octanol–water partition coefficient (Wildman–Crippen LogP) is 12.2. The first-order chi connectivity index (χ1) is 24.7. The van der Waals surface area contributed by atoms with Gasteiger partial charge in [0.2, 0.25) is 0 Å². The summed E-state index contributed by atoms with van der Waals surface area (Å²) < 4.78 is 0. The third kappa shape index (κ3) is 5.72. The number of fused-ring (bicyclic) bond motifs is 2. The number of hydrogen-bond acceptors (Lipinski definition) is 3. The molecule has 0 saturated carbocycles. The van der Waals surface area contributed by atoms with Crippen molar-refractivity contribution in [1.29, 1.82) is 0 Å². The van der Waals surface area contributed by atoms with Crippen molar-refractivity contribution in [1.82, 2.24) is 15.0 Å². The molecule has 234 valence electrons. The molecule has 0 saturated heterocycles. The van der Waals surface area contributed by atoms with Crippen LogP contribution in [-0.4, -0.2) is 15.0 Å². The molecule has 1 heterocycles. The molecule has 0 aliphatic heterocycles. The van der Waals surface area contributed by atoms with Crippen LogP contribution in [0, 0.1) is 0 Å². The van der Waals surface area contributed by atoms with Crippen LogP contribution in [0.1, 0.15) is 0 Å². The van der Waals surface area contributed by atoms with E-state index in [9.17, 15) is 0 Å². The lowest BCUT2D eigenvalue weighted by molar-refractivity contribution is 1.08. The zero-order valence-electron chi connectivity index (χ0n) is 27.2. The van der Waals surface area contributed by atoms with E-state index in [4.69, 9.17) is 15.0 Å². The summed E-state index contributed by atoms with van der Waals surface area (Å²) in [5, 5.41) is 4.67. The van der Waals surface area contributed by atoms with Crippen LogP contribution in [0.4, 0.5) is 0 Å². The monoisotopic (exact) mass is 637 g/mol. The molecule has 3 heteroatoms. The fraction of sp³-hybridized carbons (Fsp3) is 0. The summed E-state index contributed by atoms with van der Waals surface area (Å²) in [6.07, 6.45) is 0. The Hall–Kier alpha value is -6.71. The molecule has 0 amide bonds. The van der Waals surface area contributed by atoms with Crippen LogP contribution in [0.2, 0.25) is 0 Å². The summed E-state index contributed by atoms with van der Waals surface area (Å²) >= 11 is 0. The van der Waals surface area contributed by atoms with Crippen molar-refractivity contribution in [2.24, 2.45) is 0 Å². The van der Waals surface area contributed by atoms with E-state index in [1.165, 1.54) is 21.9 Å². The molecule has 50 heavy (non-hydrogen) atoms. The Bertz CT molecular complexity index is 2640. The predicted molar refractivity (Wildman–Crippen MR) is 207 cm³/mol. The summed E-state index contributed by atoms with van der Waals surface area (Å²) in [7, 11) is 0. The van der Waals surface area contributed by atoms with Crippen LogP contribution in [0.15, 0.2) is 188 Å². The second-order valence-corrected chi connectivity index (χ2v) is 12.5. The molecule has 8 aromatic carbocycles. The number of benzene rings is 8. The Morgan fingerprint density at radius 2 is 0.660 bits per heavy atom. The molecule has 9 rings (SSSR count). The first-order valence-corrected chi connectivity index (χ1v) is 16.9. The molecule has 9 aromatic rings. The maximum absolute atomic E-state index is 5.13. The minimum Gasteiger partial charge on any atom is -0.208 e. The molecular formula is C47H31N3. The molecule has 0 spiro atoms. The summed E-state index contributed by atoms with van der Waals surface area (Å²) in [5.41, 5.74) is 9.81. The Morgan fingerprint density at radius 1 is 0.240 bits per heavy atom. The first-order valence-electron chi connectivity index (χ1n) is 16.9. The highest BCUT2D eigenvalue weighted by Gasteiger charge is 2.15. The highest BCUT2D eigenvalue weighted by atomic mass is 15.0. The van der Waals surface area contributed by atoms with E-state index in [-0.39, 0.29) is 0 Å². The van der Waals surface area contributed by atoms with E-state index in [0.29, 0.717) is 17.5 Å². The van der Waals surface area contributed by atoms with Gasteiger partial charge in [-0.2, -0.15) is 0 Å². The van der Waals surface area contributed by atoms with Gasteiger partial charge >= 0.3 is 0 Å². The van der Waals surface area contributed by atoms with E-state index < -0.39 is 0 Å². The van der Waals surface area contributed by atoms with Crippen molar-refractivity contribution in [3.8, 4) is 67.5 Å². The second-order valence-electron chi connectivity index (χ2n) is 12.5. The van der Waals surface area contributed by atoms with Gasteiger partial charge in [-0.25, -0.2) is 15.0 Å². The van der Waals surface area contributed by atoms with Gasteiger partial charge in [-0.15, -0.1) is 0 Å². The third-order valence-electron chi connectivity index (χ3n) is 9.30. The van der Waals surface area contributed by atoms with Crippen LogP contribution in [0.25, 0.3) is 89.1 Å². The van der Waals surface area contributed by atoms with Crippen molar-refractivity contribution >= 4 is 21.5 Å². The number of aromatic nitrogens is 3. The third-order valence-corrected chi connectivity index (χ3v) is 9.30. The standard InChI is InChI=1S/C47H31N3/c1-3-12-32(13-4-1)35-18-9-20-41(30-35)45-48-46(50-47(49-45)44-23-11-17-34-16-7-8-22-43(34)44)42-21-10-19-36(31-42)38-26-27-39-28-37(24-25-40(39)29-38)33-14-5-2-6-15-33/h1-31H. The molecule has 0 atom stereocenters. The van der Waals surface area contributed by atoms with Gasteiger partial charge in [-0.1, -0.05) is 164 Å². The molecule has 1 aromatic heterocycles. The quantitative estimate of drug-likeness (QED) is 0.182. The zero-order valence-corrected chi connectivity index (χ0v) is 27.2. The SMILES string of the molecule is c1ccc(-c2cccc(-c3nc(-c4cccc(-c5ccc6cc(-c7ccccc7)ccc6c5)c4)nc(-c4cccc5ccccc45)n3)c2)cc1. The van der Waals surface area contributed by atoms with Crippen LogP contribution in [-0.2, 0) is 0 Å². The molecule has 0 unspecified atom stereocenters. The maximum Gasteiger partial charge on any atom is 0.164 e. The average Bonchev–Trinajstić information content (AvgIpc) is 3.21. The molecule has 0 fully saturated rings. The average molecular weight is 638 g/mol.